The van der Waals surface area contributed by atoms with Crippen molar-refractivity contribution in [1.29, 1.82) is 0 Å². The van der Waals surface area contributed by atoms with E-state index < -0.39 is 27.0 Å². The van der Waals surface area contributed by atoms with Gasteiger partial charge in [0.1, 0.15) is 6.04 Å². The van der Waals surface area contributed by atoms with E-state index in [2.05, 4.69) is 4.72 Å². The molecule has 6 nitrogen and oxygen atoms in total. The van der Waals surface area contributed by atoms with Gasteiger partial charge in [-0.1, -0.05) is 31.7 Å². The van der Waals surface area contributed by atoms with E-state index in [1.165, 1.54) is 17.4 Å². The molecule has 3 N–H and O–H groups in total. The van der Waals surface area contributed by atoms with E-state index in [1.807, 2.05) is 6.92 Å². The number of sulfone groups is 1. The van der Waals surface area contributed by atoms with Crippen molar-refractivity contribution in [3.63, 3.8) is 0 Å². The summed E-state index contributed by atoms with van der Waals surface area (Å²) in [5.41, 5.74) is 1.52. The summed E-state index contributed by atoms with van der Waals surface area (Å²) in [5, 5.41) is 7.89. The monoisotopic (exact) mass is 296 g/mol. The lowest BCUT2D eigenvalue weighted by molar-refractivity contribution is -0.131. The zero-order valence-corrected chi connectivity index (χ0v) is 12.0. The van der Waals surface area contributed by atoms with Crippen molar-refractivity contribution in [3.05, 3.63) is 0 Å². The molecule has 1 aliphatic rings. The number of amides is 1. The second-order valence-electron chi connectivity index (χ2n) is 4.32. The number of hydrogen-bond acceptors (Lipinski definition) is 6. The fraction of sp³-hybridized carbons (Fsp3) is 0.900. The molecule has 1 rings (SSSR count). The predicted molar refractivity (Wildman–Crippen MR) is 71.0 cm³/mol. The van der Waals surface area contributed by atoms with E-state index >= 15 is 0 Å². The van der Waals surface area contributed by atoms with Crippen molar-refractivity contribution in [2.24, 2.45) is 0 Å². The van der Waals surface area contributed by atoms with Crippen molar-refractivity contribution in [3.8, 4) is 0 Å². The first-order valence-corrected chi connectivity index (χ1v) is 8.76. The molecule has 0 saturated carbocycles. The molecular formula is C10H20N2O4S2. The molecule has 1 amide bonds. The summed E-state index contributed by atoms with van der Waals surface area (Å²) in [7, 11) is -3.31. The van der Waals surface area contributed by atoms with Crippen LogP contribution in [0.25, 0.3) is 0 Å². The molecule has 0 aromatic rings. The first-order chi connectivity index (χ1) is 8.53. The first-order valence-electron chi connectivity index (χ1n) is 6.05. The first kappa shape index (κ1) is 15.7. The lowest BCUT2D eigenvalue weighted by Gasteiger charge is -2.29. The Labute approximate surface area is 112 Å². The fourth-order valence-corrected chi connectivity index (χ4v) is 5.12. The average Bonchev–Trinajstić information content (AvgIpc) is 2.38. The van der Waals surface area contributed by atoms with Crippen LogP contribution in [-0.4, -0.2) is 42.3 Å². The number of unbranched alkanes of at least 4 members (excludes halogenated alkanes) is 2. The van der Waals surface area contributed by atoms with Crippen LogP contribution in [0.5, 0.6) is 0 Å². The van der Waals surface area contributed by atoms with Crippen LogP contribution in [0.1, 0.15) is 32.6 Å². The molecule has 0 bridgehead atoms. The molecule has 1 heterocycles. The highest BCUT2D eigenvalue weighted by atomic mass is 32.2. The molecule has 0 aromatic carbocycles. The van der Waals surface area contributed by atoms with Crippen molar-refractivity contribution in [2.75, 3.05) is 11.5 Å². The highest BCUT2D eigenvalue weighted by Gasteiger charge is 2.39. The molecule has 2 atom stereocenters. The van der Waals surface area contributed by atoms with Crippen molar-refractivity contribution in [2.45, 2.75) is 43.9 Å². The Hall–Kier alpha value is -0.310. The van der Waals surface area contributed by atoms with E-state index in [9.17, 15) is 13.2 Å². The van der Waals surface area contributed by atoms with Gasteiger partial charge in [-0.15, -0.1) is 0 Å². The topological polar surface area (TPSA) is 95.5 Å². The summed E-state index contributed by atoms with van der Waals surface area (Å²) in [6, 6.07) is -0.875. The van der Waals surface area contributed by atoms with Gasteiger partial charge >= 0.3 is 0 Å². The molecule has 0 aliphatic carbocycles. The lowest BCUT2D eigenvalue weighted by Crippen LogP contribution is -2.54. The fourth-order valence-electron chi connectivity index (χ4n) is 1.95. The van der Waals surface area contributed by atoms with Crippen molar-refractivity contribution < 1.29 is 18.4 Å². The third-order valence-electron chi connectivity index (χ3n) is 2.97. The second kappa shape index (κ2) is 7.32. The highest BCUT2D eigenvalue weighted by molar-refractivity contribution is 7.97. The third kappa shape index (κ3) is 4.11. The second-order valence-corrected chi connectivity index (χ2v) is 7.59. The molecule has 0 spiro atoms. The Kier molecular flexibility index (Phi) is 6.40. The van der Waals surface area contributed by atoms with Gasteiger partial charge in [-0.05, 0) is 12.8 Å². The summed E-state index contributed by atoms with van der Waals surface area (Å²) in [4.78, 5) is 11.5. The van der Waals surface area contributed by atoms with Crippen LogP contribution >= 0.6 is 11.9 Å². The average molecular weight is 296 g/mol. The van der Waals surface area contributed by atoms with E-state index in [0.717, 1.165) is 12.8 Å². The van der Waals surface area contributed by atoms with Gasteiger partial charge in [-0.3, -0.25) is 14.7 Å². The molecule has 0 aromatic heterocycles. The number of nitrogens with one attached hydrogen (secondary N) is 2. The minimum Gasteiger partial charge on any atom is -0.289 e. The van der Waals surface area contributed by atoms with Crippen LogP contribution in [0.3, 0.4) is 0 Å². The van der Waals surface area contributed by atoms with Gasteiger partial charge in [0, 0.05) is 5.75 Å². The molecule has 8 heteroatoms. The van der Waals surface area contributed by atoms with E-state index in [1.54, 1.807) is 0 Å². The van der Waals surface area contributed by atoms with Gasteiger partial charge in [0.05, 0.1) is 11.0 Å². The SMILES string of the molecule is CCCCCS(=O)(=O)C1CCSNC1C(=O)NO. The molecule has 0 radical (unpaired) electrons. The quantitative estimate of drug-likeness (QED) is 0.285. The van der Waals surface area contributed by atoms with Gasteiger partial charge in [0.2, 0.25) is 0 Å². The Morgan fingerprint density at radius 2 is 2.22 bits per heavy atom. The maximum atomic E-state index is 12.2. The Balaban J connectivity index is 2.73. The standard InChI is InChI=1S/C10H20N2O4S2/c1-2-3-4-7-18(15,16)8-5-6-17-12-9(8)10(13)11-14/h8-9,12,14H,2-7H2,1H3,(H,11,13). The van der Waals surface area contributed by atoms with Gasteiger partial charge in [-0.2, -0.15) is 0 Å². The van der Waals surface area contributed by atoms with Crippen LogP contribution < -0.4 is 10.2 Å². The zero-order chi connectivity index (χ0) is 13.6. The molecule has 1 aliphatic heterocycles. The molecule has 106 valence electrons. The highest BCUT2D eigenvalue weighted by Crippen LogP contribution is 2.22. The summed E-state index contributed by atoms with van der Waals surface area (Å²) in [6.45, 7) is 2.01. The molecular weight excluding hydrogens is 276 g/mol. The number of hydrogen-bond donors (Lipinski definition) is 3. The minimum absolute atomic E-state index is 0.104. The Morgan fingerprint density at radius 1 is 1.50 bits per heavy atom. The van der Waals surface area contributed by atoms with Crippen LogP contribution in [0.2, 0.25) is 0 Å². The van der Waals surface area contributed by atoms with Crippen LogP contribution in [0.15, 0.2) is 0 Å². The van der Waals surface area contributed by atoms with Gasteiger partial charge < -0.3 is 0 Å². The summed E-state index contributed by atoms with van der Waals surface area (Å²) < 4.78 is 27.1. The molecule has 2 unspecified atom stereocenters. The Morgan fingerprint density at radius 3 is 2.83 bits per heavy atom. The maximum Gasteiger partial charge on any atom is 0.262 e. The summed E-state index contributed by atoms with van der Waals surface area (Å²) in [6.07, 6.45) is 2.87. The minimum atomic E-state index is -3.31. The van der Waals surface area contributed by atoms with Gasteiger partial charge in [0.15, 0.2) is 9.84 Å². The van der Waals surface area contributed by atoms with E-state index in [4.69, 9.17) is 5.21 Å². The van der Waals surface area contributed by atoms with Gasteiger partial charge in [0.25, 0.3) is 5.91 Å². The number of carbonyl (C=O) groups is 1. The van der Waals surface area contributed by atoms with Crippen molar-refractivity contribution in [1.82, 2.24) is 10.2 Å². The largest absolute Gasteiger partial charge is 0.289 e. The lowest BCUT2D eigenvalue weighted by atomic mass is 10.1. The molecule has 1 fully saturated rings. The van der Waals surface area contributed by atoms with E-state index in [-0.39, 0.29) is 5.75 Å². The normalized spacial score (nSPS) is 24.8. The molecule has 1 saturated heterocycles. The summed E-state index contributed by atoms with van der Waals surface area (Å²) in [5.74, 6) is 0.0613. The van der Waals surface area contributed by atoms with Gasteiger partial charge in [-0.25, -0.2) is 13.9 Å². The van der Waals surface area contributed by atoms with E-state index in [0.29, 0.717) is 18.6 Å². The van der Waals surface area contributed by atoms with Crippen LogP contribution in [0.4, 0.5) is 0 Å². The third-order valence-corrected chi connectivity index (χ3v) is 6.12. The number of rotatable bonds is 6. The summed E-state index contributed by atoms with van der Waals surface area (Å²) >= 11 is 1.31. The van der Waals surface area contributed by atoms with Crippen LogP contribution in [0, 0.1) is 0 Å². The molecule has 18 heavy (non-hydrogen) atoms. The predicted octanol–water partition coefficient (Wildman–Crippen LogP) is 0.475. The number of carbonyl (C=O) groups excluding carboxylic acids is 1. The zero-order valence-electron chi connectivity index (χ0n) is 10.4. The van der Waals surface area contributed by atoms with Crippen LogP contribution in [-0.2, 0) is 14.6 Å². The maximum absolute atomic E-state index is 12.2. The Bertz CT molecular complexity index is 372. The number of hydroxylamine groups is 1. The van der Waals surface area contributed by atoms with Crippen molar-refractivity contribution >= 4 is 27.7 Å². The smallest absolute Gasteiger partial charge is 0.262 e.